The smallest absolute Gasteiger partial charge is 0.327 e. The topological polar surface area (TPSA) is 56.8 Å². The average molecular weight is 388 g/mol. The lowest BCUT2D eigenvalue weighted by Crippen LogP contribution is -2.57. The summed E-state index contributed by atoms with van der Waals surface area (Å²) in [4.78, 5) is 35.5. The number of nitrogens with zero attached hydrogens (tertiary/aromatic N) is 4. The van der Waals surface area contributed by atoms with Crippen molar-refractivity contribution in [3.63, 3.8) is 0 Å². The van der Waals surface area contributed by atoms with Crippen LogP contribution in [0.25, 0.3) is 0 Å². The van der Waals surface area contributed by atoms with Gasteiger partial charge in [0.25, 0.3) is 5.91 Å². The SMILES string of the molecule is CC(C)=CCN1C(=O)N(CC(C)C)C2(CCN(c3ncccc3F)CC2)C1=O. The lowest BCUT2D eigenvalue weighted by atomic mass is 9.85. The van der Waals surface area contributed by atoms with E-state index in [0.29, 0.717) is 44.8 Å². The normalized spacial score (nSPS) is 19.1. The van der Waals surface area contributed by atoms with Gasteiger partial charge in [-0.15, -0.1) is 0 Å². The van der Waals surface area contributed by atoms with Crippen LogP contribution in [0.5, 0.6) is 0 Å². The van der Waals surface area contributed by atoms with Gasteiger partial charge in [0.05, 0.1) is 0 Å². The molecule has 0 unspecified atom stereocenters. The van der Waals surface area contributed by atoms with Gasteiger partial charge in [-0.05, 0) is 44.7 Å². The van der Waals surface area contributed by atoms with Crippen LogP contribution in [0.3, 0.4) is 0 Å². The van der Waals surface area contributed by atoms with E-state index >= 15 is 0 Å². The molecule has 2 aliphatic heterocycles. The van der Waals surface area contributed by atoms with Crippen molar-refractivity contribution in [2.24, 2.45) is 5.92 Å². The predicted molar refractivity (Wildman–Crippen MR) is 106 cm³/mol. The molecule has 152 valence electrons. The third-order valence-corrected chi connectivity index (χ3v) is 5.48. The van der Waals surface area contributed by atoms with Crippen molar-refractivity contribution in [1.29, 1.82) is 0 Å². The van der Waals surface area contributed by atoms with E-state index in [1.807, 2.05) is 38.7 Å². The largest absolute Gasteiger partial charge is 0.354 e. The van der Waals surface area contributed by atoms with E-state index in [-0.39, 0.29) is 23.7 Å². The highest BCUT2D eigenvalue weighted by Gasteiger charge is 2.57. The summed E-state index contributed by atoms with van der Waals surface area (Å²) in [7, 11) is 0. The monoisotopic (exact) mass is 388 g/mol. The maximum absolute atomic E-state index is 14.1. The Morgan fingerprint density at radius 2 is 1.96 bits per heavy atom. The first-order valence-electron chi connectivity index (χ1n) is 9.88. The zero-order chi connectivity index (χ0) is 20.5. The van der Waals surface area contributed by atoms with Gasteiger partial charge in [0.2, 0.25) is 0 Å². The number of piperidine rings is 1. The molecule has 0 aromatic carbocycles. The minimum absolute atomic E-state index is 0.128. The van der Waals surface area contributed by atoms with Crippen molar-refractivity contribution in [2.45, 2.75) is 46.1 Å². The van der Waals surface area contributed by atoms with E-state index in [9.17, 15) is 14.0 Å². The fourth-order valence-corrected chi connectivity index (χ4v) is 4.02. The van der Waals surface area contributed by atoms with E-state index in [1.54, 1.807) is 17.2 Å². The summed E-state index contributed by atoms with van der Waals surface area (Å²) >= 11 is 0. The van der Waals surface area contributed by atoms with Crippen LogP contribution in [-0.2, 0) is 4.79 Å². The first-order valence-corrected chi connectivity index (χ1v) is 9.88. The summed E-state index contributed by atoms with van der Waals surface area (Å²) < 4.78 is 14.1. The van der Waals surface area contributed by atoms with Gasteiger partial charge in [0.1, 0.15) is 5.54 Å². The van der Waals surface area contributed by atoms with E-state index in [1.165, 1.54) is 11.0 Å². The van der Waals surface area contributed by atoms with Gasteiger partial charge in [-0.2, -0.15) is 0 Å². The van der Waals surface area contributed by atoms with Crippen LogP contribution in [0.4, 0.5) is 15.0 Å². The van der Waals surface area contributed by atoms with Crippen LogP contribution in [0.1, 0.15) is 40.5 Å². The summed E-state index contributed by atoms with van der Waals surface area (Å²) in [6.07, 6.45) is 4.43. The van der Waals surface area contributed by atoms with Gasteiger partial charge < -0.3 is 9.80 Å². The third kappa shape index (κ3) is 3.62. The number of urea groups is 1. The zero-order valence-electron chi connectivity index (χ0n) is 17.1. The van der Waals surface area contributed by atoms with Crippen molar-refractivity contribution in [3.8, 4) is 0 Å². The summed E-state index contributed by atoms with van der Waals surface area (Å²) in [5, 5.41) is 0. The molecule has 6 nitrogen and oxygen atoms in total. The Kier molecular flexibility index (Phi) is 5.72. The number of amides is 3. The highest BCUT2D eigenvalue weighted by molar-refractivity contribution is 6.07. The summed E-state index contributed by atoms with van der Waals surface area (Å²) in [6.45, 7) is 9.79. The van der Waals surface area contributed by atoms with Crippen LogP contribution in [0.2, 0.25) is 0 Å². The number of aromatic nitrogens is 1. The van der Waals surface area contributed by atoms with E-state index in [4.69, 9.17) is 0 Å². The number of carbonyl (C=O) groups excluding carboxylic acids is 2. The van der Waals surface area contributed by atoms with Crippen molar-refractivity contribution >= 4 is 17.8 Å². The fourth-order valence-electron chi connectivity index (χ4n) is 4.02. The van der Waals surface area contributed by atoms with Crippen molar-refractivity contribution in [3.05, 3.63) is 35.8 Å². The van der Waals surface area contributed by atoms with Gasteiger partial charge in [0.15, 0.2) is 11.6 Å². The number of halogens is 1. The van der Waals surface area contributed by atoms with E-state index < -0.39 is 5.54 Å². The number of rotatable bonds is 5. The van der Waals surface area contributed by atoms with Gasteiger partial charge >= 0.3 is 6.03 Å². The van der Waals surface area contributed by atoms with Gasteiger partial charge in [-0.25, -0.2) is 14.2 Å². The van der Waals surface area contributed by atoms with Crippen LogP contribution in [0, 0.1) is 11.7 Å². The number of pyridine rings is 1. The van der Waals surface area contributed by atoms with Crippen LogP contribution in [-0.4, -0.2) is 58.4 Å². The molecule has 28 heavy (non-hydrogen) atoms. The average Bonchev–Trinajstić information content (AvgIpc) is 2.83. The van der Waals surface area contributed by atoms with Gasteiger partial charge in [-0.1, -0.05) is 25.5 Å². The van der Waals surface area contributed by atoms with Crippen molar-refractivity contribution in [2.75, 3.05) is 31.1 Å². The first-order chi connectivity index (χ1) is 13.3. The molecule has 0 saturated carbocycles. The maximum atomic E-state index is 14.1. The molecule has 7 heteroatoms. The Balaban J connectivity index is 1.85. The first kappa shape index (κ1) is 20.3. The Bertz CT molecular complexity index is 780. The second-order valence-electron chi connectivity index (χ2n) is 8.31. The second-order valence-corrected chi connectivity index (χ2v) is 8.31. The van der Waals surface area contributed by atoms with Crippen LogP contribution in [0.15, 0.2) is 30.0 Å². The number of imide groups is 1. The number of hydrogen-bond donors (Lipinski definition) is 0. The molecular weight excluding hydrogens is 359 g/mol. The Morgan fingerprint density at radius 1 is 1.29 bits per heavy atom. The lowest BCUT2D eigenvalue weighted by Gasteiger charge is -2.43. The number of hydrogen-bond acceptors (Lipinski definition) is 4. The van der Waals surface area contributed by atoms with Crippen LogP contribution < -0.4 is 4.90 Å². The molecule has 2 saturated heterocycles. The Hall–Kier alpha value is -2.44. The molecule has 0 aliphatic carbocycles. The number of allylic oxidation sites excluding steroid dienone is 1. The molecule has 2 fully saturated rings. The summed E-state index contributed by atoms with van der Waals surface area (Å²) in [5.41, 5.74) is 0.232. The quantitative estimate of drug-likeness (QED) is 0.573. The molecule has 1 aromatic rings. The molecule has 3 rings (SSSR count). The number of anilines is 1. The Labute approximate surface area is 166 Å². The maximum Gasteiger partial charge on any atom is 0.327 e. The lowest BCUT2D eigenvalue weighted by molar-refractivity contribution is -0.134. The standard InChI is InChI=1S/C21H29FN4O2/c1-15(2)7-11-25-19(27)21(26(20(25)28)14-16(3)4)8-12-24(13-9-21)18-17(22)6-5-10-23-18/h5-7,10,16H,8-9,11-14H2,1-4H3. The van der Waals surface area contributed by atoms with Crippen LogP contribution >= 0.6 is 0 Å². The Morgan fingerprint density at radius 3 is 2.54 bits per heavy atom. The molecule has 3 heterocycles. The molecule has 0 radical (unpaired) electrons. The van der Waals surface area contributed by atoms with Gasteiger partial charge in [0, 0.05) is 32.4 Å². The zero-order valence-corrected chi connectivity index (χ0v) is 17.1. The van der Waals surface area contributed by atoms with Crippen molar-refractivity contribution in [1.82, 2.24) is 14.8 Å². The molecule has 0 bridgehead atoms. The third-order valence-electron chi connectivity index (χ3n) is 5.48. The molecule has 1 aromatic heterocycles. The van der Waals surface area contributed by atoms with Crippen molar-refractivity contribution < 1.29 is 14.0 Å². The molecule has 3 amide bonds. The predicted octanol–water partition coefficient (Wildman–Crippen LogP) is 3.45. The minimum atomic E-state index is -0.835. The highest BCUT2D eigenvalue weighted by atomic mass is 19.1. The molecule has 0 atom stereocenters. The van der Waals surface area contributed by atoms with E-state index in [0.717, 1.165) is 5.57 Å². The minimum Gasteiger partial charge on any atom is -0.354 e. The molecular formula is C21H29FN4O2. The molecule has 0 N–H and O–H groups in total. The fraction of sp³-hybridized carbons (Fsp3) is 0.571. The second kappa shape index (κ2) is 7.89. The molecule has 1 spiro atoms. The van der Waals surface area contributed by atoms with Gasteiger partial charge in [-0.3, -0.25) is 9.69 Å². The summed E-state index contributed by atoms with van der Waals surface area (Å²) in [5.74, 6) is 0.0718. The summed E-state index contributed by atoms with van der Waals surface area (Å²) in [6, 6.07) is 2.74. The van der Waals surface area contributed by atoms with E-state index in [2.05, 4.69) is 4.98 Å². The number of carbonyl (C=O) groups is 2. The highest BCUT2D eigenvalue weighted by Crippen LogP contribution is 2.39. The molecule has 2 aliphatic rings.